The lowest BCUT2D eigenvalue weighted by molar-refractivity contribution is -0.140. The van der Waals surface area contributed by atoms with E-state index in [9.17, 15) is 17.6 Å². The third kappa shape index (κ3) is 3.12. The molecule has 0 saturated heterocycles. The Kier molecular flexibility index (Phi) is 4.02. The van der Waals surface area contributed by atoms with Crippen molar-refractivity contribution in [1.82, 2.24) is 0 Å². The molecule has 0 saturated carbocycles. The molecule has 0 amide bonds. The monoisotopic (exact) mass is 238 g/mol. The first-order valence-electron chi connectivity index (χ1n) is 4.45. The molecule has 1 aromatic carbocycles. The van der Waals surface area contributed by atoms with Gasteiger partial charge in [-0.15, -0.1) is 11.8 Å². The minimum atomic E-state index is -4.49. The molecule has 0 heterocycles. The first-order chi connectivity index (χ1) is 6.96. The quantitative estimate of drug-likeness (QED) is 0.557. The van der Waals surface area contributed by atoms with Gasteiger partial charge in [-0.25, -0.2) is 4.39 Å². The first-order valence-corrected chi connectivity index (χ1v) is 5.44. The Balaban J connectivity index is 3.09. The van der Waals surface area contributed by atoms with Crippen molar-refractivity contribution in [3.8, 4) is 0 Å². The fourth-order valence-corrected chi connectivity index (χ4v) is 2.04. The van der Waals surface area contributed by atoms with E-state index in [4.69, 9.17) is 0 Å². The number of halogens is 4. The standard InChI is InChI=1S/C10H10F4S/c1-2-6-15-9-7(10(12,13)14)4-3-5-8(9)11/h3-5H,2,6H2,1H3. The molecule has 84 valence electrons. The third-order valence-corrected chi connectivity index (χ3v) is 3.04. The summed E-state index contributed by atoms with van der Waals surface area (Å²) in [6, 6.07) is 3.03. The van der Waals surface area contributed by atoms with Crippen molar-refractivity contribution in [3.05, 3.63) is 29.6 Å². The molecule has 0 radical (unpaired) electrons. The molecule has 0 nitrogen and oxygen atoms in total. The summed E-state index contributed by atoms with van der Waals surface area (Å²) >= 11 is 0.906. The number of hydrogen-bond acceptors (Lipinski definition) is 1. The molecule has 1 rings (SSSR count). The number of rotatable bonds is 3. The van der Waals surface area contributed by atoms with E-state index in [-0.39, 0.29) is 4.90 Å². The van der Waals surface area contributed by atoms with E-state index in [0.29, 0.717) is 12.2 Å². The molecule has 0 aliphatic carbocycles. The van der Waals surface area contributed by atoms with Crippen LogP contribution in [0.4, 0.5) is 17.6 Å². The highest BCUT2D eigenvalue weighted by atomic mass is 32.2. The Labute approximate surface area is 89.7 Å². The molecule has 0 bridgehead atoms. The Bertz CT molecular complexity index is 333. The largest absolute Gasteiger partial charge is 0.417 e. The maximum atomic E-state index is 13.2. The maximum Gasteiger partial charge on any atom is 0.417 e. The molecule has 0 spiro atoms. The zero-order valence-electron chi connectivity index (χ0n) is 8.07. The van der Waals surface area contributed by atoms with Crippen LogP contribution in [0.15, 0.2) is 23.1 Å². The van der Waals surface area contributed by atoms with Crippen LogP contribution in [0.3, 0.4) is 0 Å². The average Bonchev–Trinajstić information content (AvgIpc) is 2.14. The van der Waals surface area contributed by atoms with Gasteiger partial charge in [0.2, 0.25) is 0 Å². The smallest absolute Gasteiger partial charge is 0.206 e. The van der Waals surface area contributed by atoms with Gasteiger partial charge in [-0.1, -0.05) is 13.0 Å². The number of hydrogen-bond donors (Lipinski definition) is 0. The normalized spacial score (nSPS) is 11.8. The van der Waals surface area contributed by atoms with Crippen LogP contribution in [-0.4, -0.2) is 5.75 Å². The van der Waals surface area contributed by atoms with Crippen LogP contribution in [0.5, 0.6) is 0 Å². The van der Waals surface area contributed by atoms with Gasteiger partial charge in [-0.3, -0.25) is 0 Å². The maximum absolute atomic E-state index is 13.2. The highest BCUT2D eigenvalue weighted by Gasteiger charge is 2.34. The summed E-state index contributed by atoms with van der Waals surface area (Å²) in [6.07, 6.45) is -3.78. The van der Waals surface area contributed by atoms with Crippen molar-refractivity contribution in [2.75, 3.05) is 5.75 Å². The predicted molar refractivity (Wildman–Crippen MR) is 52.4 cm³/mol. The van der Waals surface area contributed by atoms with Crippen molar-refractivity contribution < 1.29 is 17.6 Å². The van der Waals surface area contributed by atoms with Crippen molar-refractivity contribution in [2.24, 2.45) is 0 Å². The second kappa shape index (κ2) is 4.88. The Hall–Kier alpha value is -0.710. The summed E-state index contributed by atoms with van der Waals surface area (Å²) in [6.45, 7) is 1.83. The van der Waals surface area contributed by atoms with E-state index in [2.05, 4.69) is 0 Å². The van der Waals surface area contributed by atoms with E-state index in [0.717, 1.165) is 30.0 Å². The van der Waals surface area contributed by atoms with Crippen LogP contribution in [0, 0.1) is 5.82 Å². The summed E-state index contributed by atoms with van der Waals surface area (Å²) in [5, 5.41) is 0. The summed E-state index contributed by atoms with van der Waals surface area (Å²) in [7, 11) is 0. The number of benzene rings is 1. The zero-order valence-corrected chi connectivity index (χ0v) is 8.88. The van der Waals surface area contributed by atoms with Crippen molar-refractivity contribution in [2.45, 2.75) is 24.4 Å². The lowest BCUT2D eigenvalue weighted by atomic mass is 10.2. The predicted octanol–water partition coefficient (Wildman–Crippen LogP) is 4.35. The molecule has 0 aliphatic heterocycles. The van der Waals surface area contributed by atoms with Gasteiger partial charge >= 0.3 is 6.18 Å². The van der Waals surface area contributed by atoms with Crippen molar-refractivity contribution >= 4 is 11.8 Å². The van der Waals surface area contributed by atoms with E-state index in [1.807, 2.05) is 6.92 Å². The second-order valence-corrected chi connectivity index (χ2v) is 4.07. The van der Waals surface area contributed by atoms with Gasteiger partial charge in [0.15, 0.2) is 0 Å². The Morgan fingerprint density at radius 1 is 1.27 bits per heavy atom. The summed E-state index contributed by atoms with van der Waals surface area (Å²) in [4.78, 5) is -0.299. The van der Waals surface area contributed by atoms with Crippen LogP contribution in [0.25, 0.3) is 0 Å². The van der Waals surface area contributed by atoms with Crippen molar-refractivity contribution in [1.29, 1.82) is 0 Å². The number of alkyl halides is 3. The molecular formula is C10H10F4S. The first kappa shape index (κ1) is 12.4. The van der Waals surface area contributed by atoms with Crippen LogP contribution < -0.4 is 0 Å². The minimum Gasteiger partial charge on any atom is -0.206 e. The Morgan fingerprint density at radius 3 is 2.47 bits per heavy atom. The van der Waals surface area contributed by atoms with E-state index in [1.165, 1.54) is 0 Å². The van der Waals surface area contributed by atoms with Crippen LogP contribution in [0.2, 0.25) is 0 Å². The van der Waals surface area contributed by atoms with Crippen LogP contribution in [-0.2, 0) is 6.18 Å². The second-order valence-electron chi connectivity index (χ2n) is 2.96. The molecule has 0 aliphatic rings. The SMILES string of the molecule is CCCSc1c(F)cccc1C(F)(F)F. The van der Waals surface area contributed by atoms with Gasteiger partial charge in [0.25, 0.3) is 0 Å². The molecule has 0 fully saturated rings. The third-order valence-electron chi connectivity index (χ3n) is 1.72. The molecular weight excluding hydrogens is 228 g/mol. The minimum absolute atomic E-state index is 0.299. The van der Waals surface area contributed by atoms with Gasteiger partial charge in [0.05, 0.1) is 10.5 Å². The Morgan fingerprint density at radius 2 is 1.93 bits per heavy atom. The highest BCUT2D eigenvalue weighted by molar-refractivity contribution is 7.99. The molecule has 5 heteroatoms. The van der Waals surface area contributed by atoms with Gasteiger partial charge in [-0.2, -0.15) is 13.2 Å². The lowest BCUT2D eigenvalue weighted by Gasteiger charge is -2.12. The number of thioether (sulfide) groups is 1. The fourth-order valence-electron chi connectivity index (χ4n) is 1.08. The zero-order chi connectivity index (χ0) is 11.5. The van der Waals surface area contributed by atoms with Gasteiger partial charge < -0.3 is 0 Å². The van der Waals surface area contributed by atoms with Gasteiger partial charge in [0.1, 0.15) is 5.82 Å². The fraction of sp³-hybridized carbons (Fsp3) is 0.400. The van der Waals surface area contributed by atoms with E-state index < -0.39 is 17.6 Å². The lowest BCUT2D eigenvalue weighted by Crippen LogP contribution is -2.08. The molecule has 15 heavy (non-hydrogen) atoms. The van der Waals surface area contributed by atoms with Crippen LogP contribution >= 0.6 is 11.8 Å². The summed E-state index contributed by atoms with van der Waals surface area (Å²) in [5.41, 5.74) is -0.888. The molecule has 1 aromatic rings. The van der Waals surface area contributed by atoms with Crippen molar-refractivity contribution in [3.63, 3.8) is 0 Å². The molecule has 0 N–H and O–H groups in total. The van der Waals surface area contributed by atoms with E-state index in [1.54, 1.807) is 0 Å². The van der Waals surface area contributed by atoms with Crippen LogP contribution in [0.1, 0.15) is 18.9 Å². The van der Waals surface area contributed by atoms with E-state index >= 15 is 0 Å². The van der Waals surface area contributed by atoms with Gasteiger partial charge in [-0.05, 0) is 24.3 Å². The topological polar surface area (TPSA) is 0 Å². The molecule has 0 aromatic heterocycles. The van der Waals surface area contributed by atoms with Gasteiger partial charge in [0, 0.05) is 0 Å². The average molecular weight is 238 g/mol. The summed E-state index contributed by atoms with van der Waals surface area (Å²) < 4.78 is 50.6. The molecule has 0 unspecified atom stereocenters. The molecule has 0 atom stereocenters. The highest BCUT2D eigenvalue weighted by Crippen LogP contribution is 2.38. The summed E-state index contributed by atoms with van der Waals surface area (Å²) in [5.74, 6) is -0.326.